The monoisotopic (exact) mass is 430 g/mol. The molecule has 4 rings (SSSR count). The smallest absolute Gasteiger partial charge is 0.328 e. The van der Waals surface area contributed by atoms with E-state index in [0.717, 1.165) is 27.2 Å². The lowest BCUT2D eigenvalue weighted by Crippen LogP contribution is -2.41. The van der Waals surface area contributed by atoms with Gasteiger partial charge in [-0.2, -0.15) is 0 Å². The Morgan fingerprint density at radius 1 is 0.812 bits per heavy atom. The Morgan fingerprint density at radius 3 is 1.84 bits per heavy atom. The Balaban J connectivity index is 0.000000181. The van der Waals surface area contributed by atoms with E-state index >= 15 is 0 Å². The van der Waals surface area contributed by atoms with E-state index in [9.17, 15) is 9.59 Å². The molecule has 6 nitrogen and oxygen atoms in total. The highest BCUT2D eigenvalue weighted by Crippen LogP contribution is 2.23. The van der Waals surface area contributed by atoms with Crippen molar-refractivity contribution in [1.29, 1.82) is 0 Å². The predicted octanol–water partition coefficient (Wildman–Crippen LogP) is 4.82. The van der Waals surface area contributed by atoms with E-state index in [4.69, 9.17) is 15.9 Å². The van der Waals surface area contributed by atoms with Gasteiger partial charge in [-0.15, -0.1) is 0 Å². The van der Waals surface area contributed by atoms with E-state index < -0.39 is 23.5 Å². The Morgan fingerprint density at radius 2 is 1.31 bits per heavy atom. The molecular formula is C26H26N2O4. The first-order valence-electron chi connectivity index (χ1n) is 10.2. The number of benzene rings is 4. The van der Waals surface area contributed by atoms with Crippen molar-refractivity contribution in [3.8, 4) is 0 Å². The molecule has 0 aromatic heterocycles. The van der Waals surface area contributed by atoms with Crippen LogP contribution in [-0.2, 0) is 15.1 Å². The SMILES string of the molecule is C[C@H](Nc1ccc2ccccc2c1)C(=O)O.C[C@](N)(C(=O)O)c1ccc2ccccc2c1. The second-order valence-electron chi connectivity index (χ2n) is 7.84. The van der Waals surface area contributed by atoms with Crippen LogP contribution < -0.4 is 11.1 Å². The van der Waals surface area contributed by atoms with Gasteiger partial charge in [0.15, 0.2) is 0 Å². The molecule has 164 valence electrons. The zero-order valence-corrected chi connectivity index (χ0v) is 17.9. The van der Waals surface area contributed by atoms with Gasteiger partial charge in [-0.05, 0) is 59.2 Å². The van der Waals surface area contributed by atoms with E-state index in [1.807, 2.05) is 78.9 Å². The topological polar surface area (TPSA) is 113 Å². The fraction of sp³-hybridized carbons (Fsp3) is 0.154. The zero-order chi connectivity index (χ0) is 23.3. The van der Waals surface area contributed by atoms with Crippen LogP contribution in [0.4, 0.5) is 5.69 Å². The molecule has 6 heteroatoms. The Hall–Kier alpha value is -3.90. The first kappa shape index (κ1) is 22.8. The second-order valence-corrected chi connectivity index (χ2v) is 7.84. The molecule has 4 aromatic rings. The van der Waals surface area contributed by atoms with Gasteiger partial charge in [0.1, 0.15) is 11.6 Å². The minimum atomic E-state index is -1.34. The molecule has 5 N–H and O–H groups in total. The summed E-state index contributed by atoms with van der Waals surface area (Å²) in [6.45, 7) is 3.12. The normalized spacial score (nSPS) is 13.5. The average molecular weight is 431 g/mol. The van der Waals surface area contributed by atoms with E-state index in [1.165, 1.54) is 6.92 Å². The molecule has 0 amide bonds. The maximum absolute atomic E-state index is 11.0. The van der Waals surface area contributed by atoms with Gasteiger partial charge in [-0.1, -0.05) is 66.7 Å². The van der Waals surface area contributed by atoms with Gasteiger partial charge < -0.3 is 21.3 Å². The van der Waals surface area contributed by atoms with E-state index in [0.29, 0.717) is 5.56 Å². The molecule has 2 atom stereocenters. The minimum absolute atomic E-state index is 0.582. The maximum atomic E-state index is 11.0. The molecular weight excluding hydrogens is 404 g/mol. The van der Waals surface area contributed by atoms with Crippen molar-refractivity contribution in [2.45, 2.75) is 25.4 Å². The van der Waals surface area contributed by atoms with E-state index in [1.54, 1.807) is 13.0 Å². The molecule has 0 aliphatic heterocycles. The summed E-state index contributed by atoms with van der Waals surface area (Å²) >= 11 is 0. The van der Waals surface area contributed by atoms with Crippen molar-refractivity contribution in [2.24, 2.45) is 5.73 Å². The van der Waals surface area contributed by atoms with Gasteiger partial charge in [0.2, 0.25) is 0 Å². The molecule has 32 heavy (non-hydrogen) atoms. The molecule has 0 bridgehead atoms. The predicted molar refractivity (Wildman–Crippen MR) is 128 cm³/mol. The first-order valence-corrected chi connectivity index (χ1v) is 10.2. The lowest BCUT2D eigenvalue weighted by molar-refractivity contribution is -0.143. The molecule has 0 radical (unpaired) electrons. The molecule has 0 aliphatic rings. The fourth-order valence-corrected chi connectivity index (χ4v) is 3.23. The first-order chi connectivity index (χ1) is 15.2. The number of aliphatic carboxylic acids is 2. The summed E-state index contributed by atoms with van der Waals surface area (Å²) in [6, 6.07) is 26.5. The lowest BCUT2D eigenvalue weighted by Gasteiger charge is -2.20. The third kappa shape index (κ3) is 5.22. The standard InChI is InChI=1S/2C13H13NO2/c1-13(14,12(15)16)11-7-6-9-4-2-3-5-10(9)8-11;1-9(13(15)16)14-12-7-6-10-4-2-3-5-11(10)8-12/h2-8H,14H2,1H3,(H,15,16);2-9,14H,1H3,(H,15,16)/t13-;9-/m10/s1. The number of hydrogen-bond acceptors (Lipinski definition) is 4. The highest BCUT2D eigenvalue weighted by molar-refractivity contribution is 5.87. The van der Waals surface area contributed by atoms with Crippen LogP contribution in [-0.4, -0.2) is 28.2 Å². The number of carboxylic acids is 2. The number of carbonyl (C=O) groups is 2. The van der Waals surface area contributed by atoms with Crippen LogP contribution in [0.3, 0.4) is 0 Å². The van der Waals surface area contributed by atoms with Crippen LogP contribution in [0.15, 0.2) is 84.9 Å². The van der Waals surface area contributed by atoms with E-state index in [-0.39, 0.29) is 0 Å². The van der Waals surface area contributed by atoms with Crippen LogP contribution in [0, 0.1) is 0 Å². The summed E-state index contributed by atoms with van der Waals surface area (Å²) in [4.78, 5) is 21.7. The Kier molecular flexibility index (Phi) is 6.76. The number of carboxylic acid groups (broad SMARTS) is 2. The van der Waals surface area contributed by atoms with Crippen LogP contribution in [0.1, 0.15) is 19.4 Å². The molecule has 0 unspecified atom stereocenters. The number of nitrogens with one attached hydrogen (secondary N) is 1. The summed E-state index contributed by atoms with van der Waals surface area (Å²) in [5.74, 6) is -1.88. The summed E-state index contributed by atoms with van der Waals surface area (Å²) in [6.07, 6.45) is 0. The van der Waals surface area contributed by atoms with Crippen molar-refractivity contribution >= 4 is 39.2 Å². The van der Waals surface area contributed by atoms with Crippen molar-refractivity contribution in [1.82, 2.24) is 0 Å². The van der Waals surface area contributed by atoms with Crippen molar-refractivity contribution in [2.75, 3.05) is 5.32 Å². The number of rotatable bonds is 5. The Labute approximate surface area is 186 Å². The van der Waals surface area contributed by atoms with Gasteiger partial charge in [-0.25, -0.2) is 4.79 Å². The van der Waals surface area contributed by atoms with Gasteiger partial charge in [0.25, 0.3) is 0 Å². The van der Waals surface area contributed by atoms with Gasteiger partial charge in [0.05, 0.1) is 0 Å². The molecule has 0 saturated heterocycles. The van der Waals surface area contributed by atoms with E-state index in [2.05, 4.69) is 5.32 Å². The third-order valence-corrected chi connectivity index (χ3v) is 5.30. The van der Waals surface area contributed by atoms with Crippen molar-refractivity contribution in [3.63, 3.8) is 0 Å². The molecule has 0 spiro atoms. The summed E-state index contributed by atoms with van der Waals surface area (Å²) in [7, 11) is 0. The minimum Gasteiger partial charge on any atom is -0.480 e. The van der Waals surface area contributed by atoms with Crippen LogP contribution in [0.25, 0.3) is 21.5 Å². The van der Waals surface area contributed by atoms with Gasteiger partial charge in [-0.3, -0.25) is 4.79 Å². The fourth-order valence-electron chi connectivity index (χ4n) is 3.23. The van der Waals surface area contributed by atoms with Crippen LogP contribution in [0.2, 0.25) is 0 Å². The zero-order valence-electron chi connectivity index (χ0n) is 17.9. The highest BCUT2D eigenvalue weighted by Gasteiger charge is 2.30. The highest BCUT2D eigenvalue weighted by atomic mass is 16.4. The number of hydrogen-bond donors (Lipinski definition) is 4. The van der Waals surface area contributed by atoms with Crippen molar-refractivity contribution in [3.05, 3.63) is 90.5 Å². The van der Waals surface area contributed by atoms with Crippen molar-refractivity contribution < 1.29 is 19.8 Å². The molecule has 0 aliphatic carbocycles. The second kappa shape index (κ2) is 9.49. The molecule has 4 aromatic carbocycles. The van der Waals surface area contributed by atoms with Crippen LogP contribution in [0.5, 0.6) is 0 Å². The molecule has 0 saturated carbocycles. The van der Waals surface area contributed by atoms with Gasteiger partial charge >= 0.3 is 11.9 Å². The Bertz CT molecular complexity index is 1270. The lowest BCUT2D eigenvalue weighted by atomic mass is 9.91. The third-order valence-electron chi connectivity index (χ3n) is 5.30. The average Bonchev–Trinajstić information content (AvgIpc) is 2.79. The number of fused-ring (bicyclic) bond motifs is 2. The van der Waals surface area contributed by atoms with Gasteiger partial charge in [0, 0.05) is 5.69 Å². The molecule has 0 heterocycles. The number of nitrogens with two attached hydrogens (primary N) is 1. The largest absolute Gasteiger partial charge is 0.480 e. The maximum Gasteiger partial charge on any atom is 0.328 e. The summed E-state index contributed by atoms with van der Waals surface area (Å²) in [5.41, 5.74) is 5.87. The summed E-state index contributed by atoms with van der Waals surface area (Å²) in [5, 5.41) is 25.1. The molecule has 0 fully saturated rings. The quantitative estimate of drug-likeness (QED) is 0.361. The number of anilines is 1. The van der Waals surface area contributed by atoms with Crippen LogP contribution >= 0.6 is 0 Å². The summed E-state index contributed by atoms with van der Waals surface area (Å²) < 4.78 is 0.